The minimum absolute atomic E-state index is 0.280. The number of methoxy groups -OCH3 is 3. The molecule has 0 radical (unpaired) electrons. The van der Waals surface area contributed by atoms with Crippen LogP contribution in [0.15, 0.2) is 36.7 Å². The topological polar surface area (TPSA) is 204 Å². The fraction of sp³-hybridized carbons (Fsp3) is 0.459. The number of carbonyl (C=O) groups is 4. The Morgan fingerprint density at radius 1 is 0.755 bits per heavy atom. The highest BCUT2D eigenvalue weighted by Gasteiger charge is 2.40. The Balaban J connectivity index is 1.21. The number of imidazole rings is 2. The second kappa shape index (κ2) is 17.6. The summed E-state index contributed by atoms with van der Waals surface area (Å²) in [6.07, 6.45) is 3.08. The lowest BCUT2D eigenvalue weighted by Gasteiger charge is -2.30. The van der Waals surface area contributed by atoms with Crippen LogP contribution in [0.3, 0.4) is 0 Å². The van der Waals surface area contributed by atoms with Crippen molar-refractivity contribution in [2.45, 2.75) is 75.9 Å². The fourth-order valence-corrected chi connectivity index (χ4v) is 6.39. The smallest absolute Gasteiger partial charge is 0.407 e. The molecule has 16 heteroatoms. The van der Waals surface area contributed by atoms with Gasteiger partial charge in [0, 0.05) is 50.8 Å². The number of alkyl carbamates (subject to hydrolysis) is 1. The number of nitrogens with one attached hydrogen (secondary N) is 4. The Morgan fingerprint density at radius 3 is 1.58 bits per heavy atom. The van der Waals surface area contributed by atoms with Crippen molar-refractivity contribution in [3.63, 3.8) is 0 Å². The highest BCUT2D eigenvalue weighted by molar-refractivity contribution is 5.87. The summed E-state index contributed by atoms with van der Waals surface area (Å²) in [6, 6.07) is 4.82. The minimum Gasteiger partial charge on any atom is -0.465 e. The number of amides is 4. The first-order valence-corrected chi connectivity index (χ1v) is 17.3. The summed E-state index contributed by atoms with van der Waals surface area (Å²) >= 11 is 0. The molecule has 2 aliphatic rings. The molecule has 5 rings (SSSR count). The molecule has 16 nitrogen and oxygen atoms in total. The summed E-state index contributed by atoms with van der Waals surface area (Å²) in [4.78, 5) is 68.9. The number of aromatic nitrogens is 4. The maximum Gasteiger partial charge on any atom is 0.407 e. The molecule has 2 saturated heterocycles. The van der Waals surface area contributed by atoms with Gasteiger partial charge in [-0.1, -0.05) is 11.8 Å². The van der Waals surface area contributed by atoms with Crippen LogP contribution < -0.4 is 10.6 Å². The largest absolute Gasteiger partial charge is 0.465 e. The normalized spacial score (nSPS) is 18.8. The number of aromatic amines is 2. The molecule has 0 saturated carbocycles. The predicted octanol–water partition coefficient (Wildman–Crippen LogP) is 2.69. The zero-order valence-corrected chi connectivity index (χ0v) is 30.3. The van der Waals surface area contributed by atoms with Gasteiger partial charge in [-0.15, -0.1) is 0 Å². The van der Waals surface area contributed by atoms with Crippen LogP contribution in [0.5, 0.6) is 0 Å². The summed E-state index contributed by atoms with van der Waals surface area (Å²) in [5.41, 5.74) is 2.55. The molecular formula is C37H44N8O8. The van der Waals surface area contributed by atoms with E-state index in [-0.39, 0.29) is 23.9 Å². The molecule has 0 bridgehead atoms. The fourth-order valence-electron chi connectivity index (χ4n) is 6.39. The van der Waals surface area contributed by atoms with Gasteiger partial charge in [0.25, 0.3) is 0 Å². The van der Waals surface area contributed by atoms with Crippen molar-refractivity contribution in [2.75, 3.05) is 34.4 Å². The Morgan fingerprint density at radius 2 is 1.19 bits per heavy atom. The summed E-state index contributed by atoms with van der Waals surface area (Å²) in [6.45, 7) is 4.34. The number of benzene rings is 1. The molecule has 0 spiro atoms. The highest BCUT2D eigenvalue weighted by Crippen LogP contribution is 2.32. The Hall–Kier alpha value is -5.84. The van der Waals surface area contributed by atoms with Gasteiger partial charge < -0.3 is 49.7 Å². The average molecular weight is 729 g/mol. The number of ether oxygens (including phenoxy) is 3. The standard InChI is InChI=1S/C37H44N8O8/c1-22(51-3)30(42-36(48)49)34(46)44-18-6-8-28(44)32-38-20-26(40-32)16-14-24-10-12-25(13-11-24)15-17-27-21-39-33(41-27)29-9-7-19-45(29)35(47)31(23(2)52-4)43-37(50)53-5/h10-13,20-23,28-31,42H,6-9,18-19H2,1-5H3,(H,38,40)(H,39,41)(H,43,50)(H,48,49)/t22-,23?,28+,29+,30+,31+/m1/s1. The third-order valence-electron chi connectivity index (χ3n) is 9.41. The maximum absolute atomic E-state index is 13.5. The van der Waals surface area contributed by atoms with Crippen molar-refractivity contribution >= 4 is 24.0 Å². The molecule has 280 valence electrons. The number of hydrogen-bond donors (Lipinski definition) is 5. The Labute approximate surface area is 307 Å². The highest BCUT2D eigenvalue weighted by atomic mass is 16.5. The molecule has 4 amide bonds. The number of likely N-dealkylation sites (tertiary alicyclic amines) is 2. The van der Waals surface area contributed by atoms with Crippen molar-refractivity contribution in [1.82, 2.24) is 40.4 Å². The van der Waals surface area contributed by atoms with E-state index in [1.165, 1.54) is 21.3 Å². The van der Waals surface area contributed by atoms with Crippen LogP contribution >= 0.6 is 0 Å². The van der Waals surface area contributed by atoms with E-state index in [0.717, 1.165) is 24.0 Å². The molecule has 2 aromatic heterocycles. The van der Waals surface area contributed by atoms with Crippen LogP contribution in [-0.2, 0) is 23.8 Å². The van der Waals surface area contributed by atoms with E-state index in [2.05, 4.69) is 54.3 Å². The van der Waals surface area contributed by atoms with E-state index in [4.69, 9.17) is 14.2 Å². The van der Waals surface area contributed by atoms with Crippen LogP contribution in [-0.4, -0.2) is 118 Å². The summed E-state index contributed by atoms with van der Waals surface area (Å²) < 4.78 is 15.3. The Bertz CT molecular complexity index is 1900. The molecule has 2 aliphatic heterocycles. The van der Waals surface area contributed by atoms with Crippen LogP contribution in [0.4, 0.5) is 9.59 Å². The molecular weight excluding hydrogens is 684 g/mol. The predicted molar refractivity (Wildman–Crippen MR) is 190 cm³/mol. The monoisotopic (exact) mass is 728 g/mol. The van der Waals surface area contributed by atoms with Crippen LogP contribution in [0, 0.1) is 23.7 Å². The molecule has 5 N–H and O–H groups in total. The van der Waals surface area contributed by atoms with Crippen molar-refractivity contribution < 1.29 is 38.5 Å². The van der Waals surface area contributed by atoms with Gasteiger partial charge in [-0.25, -0.2) is 19.6 Å². The van der Waals surface area contributed by atoms with Crippen molar-refractivity contribution in [3.8, 4) is 23.7 Å². The Kier molecular flexibility index (Phi) is 12.7. The minimum atomic E-state index is -1.30. The van der Waals surface area contributed by atoms with Crippen LogP contribution in [0.1, 0.15) is 85.8 Å². The van der Waals surface area contributed by atoms with Gasteiger partial charge in [0.2, 0.25) is 11.8 Å². The number of nitrogens with zero attached hydrogens (tertiary/aromatic N) is 4. The van der Waals surface area contributed by atoms with E-state index < -0.39 is 36.5 Å². The van der Waals surface area contributed by atoms with E-state index in [1.807, 2.05) is 24.3 Å². The lowest BCUT2D eigenvalue weighted by Crippen LogP contribution is -2.54. The number of H-pyrrole nitrogens is 2. The van der Waals surface area contributed by atoms with Gasteiger partial charge in [-0.05, 0) is 75.6 Å². The van der Waals surface area contributed by atoms with Gasteiger partial charge in [-0.2, -0.15) is 0 Å². The van der Waals surface area contributed by atoms with E-state index in [0.29, 0.717) is 49.0 Å². The molecule has 6 atom stereocenters. The molecule has 1 aromatic carbocycles. The molecule has 0 aliphatic carbocycles. The van der Waals surface area contributed by atoms with Gasteiger partial charge in [0.05, 0.1) is 31.4 Å². The first-order valence-electron chi connectivity index (χ1n) is 17.3. The zero-order chi connectivity index (χ0) is 38.1. The second-order valence-electron chi connectivity index (χ2n) is 12.7. The average Bonchev–Trinajstić information content (AvgIpc) is 4.00. The first kappa shape index (κ1) is 38.4. The maximum atomic E-state index is 13.5. The SMILES string of the molecule is COC(=O)N[C@H](C(=O)N1CCC[C@H]1c1nc(C#Cc2ccc(C#Cc3c[nH]c([C@@H]4CCCN4C(=O)[C@@H](NC(=O)O)[C@@H](C)OC)n3)cc2)c[nH]1)C(C)OC. The number of rotatable bonds is 10. The van der Waals surface area contributed by atoms with Gasteiger partial charge >= 0.3 is 12.2 Å². The molecule has 3 aromatic rings. The molecule has 2 fully saturated rings. The van der Waals surface area contributed by atoms with Gasteiger partial charge in [-0.3, -0.25) is 9.59 Å². The number of carbonyl (C=O) groups excluding carboxylic acids is 3. The molecule has 1 unspecified atom stereocenters. The van der Waals surface area contributed by atoms with E-state index >= 15 is 0 Å². The summed E-state index contributed by atoms with van der Waals surface area (Å²) in [5.74, 6) is 12.9. The van der Waals surface area contributed by atoms with Crippen LogP contribution in [0.2, 0.25) is 0 Å². The van der Waals surface area contributed by atoms with E-state index in [9.17, 15) is 24.3 Å². The van der Waals surface area contributed by atoms with Gasteiger partial charge in [0.15, 0.2) is 0 Å². The van der Waals surface area contributed by atoms with E-state index in [1.54, 1.807) is 36.0 Å². The first-order chi connectivity index (χ1) is 25.5. The lowest BCUT2D eigenvalue weighted by molar-refractivity contribution is -0.138. The number of hydrogen-bond acceptors (Lipinski definition) is 9. The summed E-state index contributed by atoms with van der Waals surface area (Å²) in [7, 11) is 4.15. The number of carboxylic acid groups (broad SMARTS) is 1. The zero-order valence-electron chi connectivity index (χ0n) is 30.3. The quantitative estimate of drug-likeness (QED) is 0.193. The van der Waals surface area contributed by atoms with Crippen molar-refractivity contribution in [1.29, 1.82) is 0 Å². The molecule has 4 heterocycles. The van der Waals surface area contributed by atoms with Gasteiger partial charge in [0.1, 0.15) is 35.1 Å². The van der Waals surface area contributed by atoms with Crippen molar-refractivity contribution in [2.24, 2.45) is 0 Å². The third-order valence-corrected chi connectivity index (χ3v) is 9.41. The molecule has 53 heavy (non-hydrogen) atoms. The second-order valence-corrected chi connectivity index (χ2v) is 12.7. The van der Waals surface area contributed by atoms with Crippen LogP contribution in [0.25, 0.3) is 0 Å². The lowest BCUT2D eigenvalue weighted by atomic mass is 10.1. The van der Waals surface area contributed by atoms with Crippen molar-refractivity contribution in [3.05, 3.63) is 70.8 Å². The summed E-state index contributed by atoms with van der Waals surface area (Å²) in [5, 5.41) is 14.1. The third kappa shape index (κ3) is 9.34.